The zero-order chi connectivity index (χ0) is 11.3. The Labute approximate surface area is 94.5 Å². The average Bonchev–Trinajstić information content (AvgIpc) is 2.51. The molecule has 0 spiro atoms. The van der Waals surface area contributed by atoms with Gasteiger partial charge < -0.3 is 10.4 Å². The van der Waals surface area contributed by atoms with Crippen LogP contribution < -0.4 is 5.32 Å². The highest BCUT2D eigenvalue weighted by molar-refractivity contribution is 4.84. The normalized spacial score (nSPS) is 28.6. The first kappa shape index (κ1) is 13.0. The summed E-state index contributed by atoms with van der Waals surface area (Å²) in [6.07, 6.45) is 7.07. The van der Waals surface area contributed by atoms with E-state index in [1.54, 1.807) is 0 Å². The molecule has 0 aliphatic heterocycles. The molecule has 15 heavy (non-hydrogen) atoms. The third kappa shape index (κ3) is 4.98. The minimum Gasteiger partial charge on any atom is -0.392 e. The van der Waals surface area contributed by atoms with Gasteiger partial charge in [0.25, 0.3) is 0 Å². The minimum absolute atomic E-state index is 0.0995. The molecule has 1 unspecified atom stereocenters. The van der Waals surface area contributed by atoms with E-state index in [0.717, 1.165) is 18.8 Å². The Morgan fingerprint density at radius 2 is 1.93 bits per heavy atom. The summed E-state index contributed by atoms with van der Waals surface area (Å²) in [5.74, 6) is 0.814. The summed E-state index contributed by atoms with van der Waals surface area (Å²) < 4.78 is 0. The highest BCUT2D eigenvalue weighted by Crippen LogP contribution is 2.20. The van der Waals surface area contributed by atoms with E-state index in [1.165, 1.54) is 25.7 Å². The van der Waals surface area contributed by atoms with Crippen molar-refractivity contribution in [1.82, 2.24) is 5.32 Å². The molecule has 2 N–H and O–H groups in total. The zero-order valence-corrected chi connectivity index (χ0v) is 10.5. The Balaban J connectivity index is 2.09. The molecule has 0 aromatic heterocycles. The van der Waals surface area contributed by atoms with E-state index >= 15 is 0 Å². The van der Waals surface area contributed by atoms with Crippen LogP contribution in [0.3, 0.4) is 0 Å². The van der Waals surface area contributed by atoms with Crippen molar-refractivity contribution in [3.05, 3.63) is 0 Å². The van der Waals surface area contributed by atoms with Gasteiger partial charge in [0.1, 0.15) is 0 Å². The molecule has 1 fully saturated rings. The molecule has 0 saturated heterocycles. The summed E-state index contributed by atoms with van der Waals surface area (Å²) in [7, 11) is 0. The highest BCUT2D eigenvalue weighted by Gasteiger charge is 2.25. The Morgan fingerprint density at radius 3 is 2.47 bits per heavy atom. The van der Waals surface area contributed by atoms with Gasteiger partial charge in [-0.1, -0.05) is 26.7 Å². The smallest absolute Gasteiger partial charge is 0.0693 e. The lowest BCUT2D eigenvalue weighted by atomic mass is 10.0. The predicted octanol–water partition coefficient (Wildman–Crippen LogP) is 2.70. The maximum atomic E-state index is 9.69. The largest absolute Gasteiger partial charge is 0.392 e. The van der Waals surface area contributed by atoms with Crippen molar-refractivity contribution in [2.45, 2.75) is 77.5 Å². The van der Waals surface area contributed by atoms with Crippen LogP contribution in [0, 0.1) is 5.92 Å². The van der Waals surface area contributed by atoms with Crippen LogP contribution in [0.4, 0.5) is 0 Å². The van der Waals surface area contributed by atoms with Crippen LogP contribution in [0.25, 0.3) is 0 Å². The van der Waals surface area contributed by atoms with Gasteiger partial charge >= 0.3 is 0 Å². The van der Waals surface area contributed by atoms with E-state index in [9.17, 15) is 5.11 Å². The van der Waals surface area contributed by atoms with Crippen molar-refractivity contribution < 1.29 is 5.11 Å². The van der Waals surface area contributed by atoms with Gasteiger partial charge in [0, 0.05) is 12.1 Å². The van der Waals surface area contributed by atoms with Gasteiger partial charge in [-0.2, -0.15) is 0 Å². The van der Waals surface area contributed by atoms with Crippen molar-refractivity contribution in [2.24, 2.45) is 5.92 Å². The summed E-state index contributed by atoms with van der Waals surface area (Å²) in [5, 5.41) is 13.2. The SMILES string of the molecule is CC(C)CCCC(C)N[C@H]1CCC[C@@H]1O. The molecular formula is C13H27NO. The average molecular weight is 213 g/mol. The lowest BCUT2D eigenvalue weighted by Crippen LogP contribution is -2.41. The van der Waals surface area contributed by atoms with Crippen molar-refractivity contribution >= 4 is 0 Å². The lowest BCUT2D eigenvalue weighted by Gasteiger charge is -2.22. The van der Waals surface area contributed by atoms with Crippen molar-refractivity contribution in [2.75, 3.05) is 0 Å². The van der Waals surface area contributed by atoms with Gasteiger partial charge in [0.2, 0.25) is 0 Å². The van der Waals surface area contributed by atoms with Crippen molar-refractivity contribution in [1.29, 1.82) is 0 Å². The molecule has 2 nitrogen and oxygen atoms in total. The molecule has 1 aliphatic carbocycles. The predicted molar refractivity (Wildman–Crippen MR) is 64.9 cm³/mol. The van der Waals surface area contributed by atoms with E-state index in [2.05, 4.69) is 26.1 Å². The van der Waals surface area contributed by atoms with Gasteiger partial charge in [-0.05, 0) is 38.5 Å². The van der Waals surface area contributed by atoms with Crippen LogP contribution in [-0.2, 0) is 0 Å². The fraction of sp³-hybridized carbons (Fsp3) is 1.00. The summed E-state index contributed by atoms with van der Waals surface area (Å²) >= 11 is 0. The first-order valence-electron chi connectivity index (χ1n) is 6.53. The number of aliphatic hydroxyl groups is 1. The maximum absolute atomic E-state index is 9.69. The first-order valence-corrected chi connectivity index (χ1v) is 6.53. The Morgan fingerprint density at radius 1 is 1.20 bits per heavy atom. The monoisotopic (exact) mass is 213 g/mol. The van der Waals surface area contributed by atoms with Crippen LogP contribution in [0.5, 0.6) is 0 Å². The molecule has 1 saturated carbocycles. The molecule has 1 rings (SSSR count). The van der Waals surface area contributed by atoms with Crippen LogP contribution in [0.2, 0.25) is 0 Å². The molecular weight excluding hydrogens is 186 g/mol. The standard InChI is InChI=1S/C13H27NO/c1-10(2)6-4-7-11(3)14-12-8-5-9-13(12)15/h10-15H,4-9H2,1-3H3/t11?,12-,13-/m0/s1. The van der Waals surface area contributed by atoms with Crippen LogP contribution >= 0.6 is 0 Å². The third-order valence-electron chi connectivity index (χ3n) is 3.40. The summed E-state index contributed by atoms with van der Waals surface area (Å²) in [6.45, 7) is 6.79. The second-order valence-corrected chi connectivity index (χ2v) is 5.50. The van der Waals surface area contributed by atoms with E-state index in [0.29, 0.717) is 12.1 Å². The van der Waals surface area contributed by atoms with Gasteiger partial charge in [-0.15, -0.1) is 0 Å². The second-order valence-electron chi connectivity index (χ2n) is 5.50. The number of hydrogen-bond donors (Lipinski definition) is 2. The Hall–Kier alpha value is -0.0800. The molecule has 90 valence electrons. The minimum atomic E-state index is -0.0995. The number of nitrogens with one attached hydrogen (secondary N) is 1. The van der Waals surface area contributed by atoms with E-state index in [-0.39, 0.29) is 6.10 Å². The molecule has 0 aromatic carbocycles. The summed E-state index contributed by atoms with van der Waals surface area (Å²) in [6, 6.07) is 0.917. The number of aliphatic hydroxyl groups excluding tert-OH is 1. The van der Waals surface area contributed by atoms with E-state index in [1.807, 2.05) is 0 Å². The van der Waals surface area contributed by atoms with Crippen LogP contribution in [0.1, 0.15) is 59.3 Å². The van der Waals surface area contributed by atoms with Crippen molar-refractivity contribution in [3.8, 4) is 0 Å². The molecule has 1 aliphatic rings. The highest BCUT2D eigenvalue weighted by atomic mass is 16.3. The van der Waals surface area contributed by atoms with Gasteiger partial charge in [0.15, 0.2) is 0 Å². The molecule has 2 heteroatoms. The molecule has 0 amide bonds. The quantitative estimate of drug-likeness (QED) is 0.711. The van der Waals surface area contributed by atoms with E-state index in [4.69, 9.17) is 0 Å². The fourth-order valence-corrected chi connectivity index (χ4v) is 2.42. The topological polar surface area (TPSA) is 32.3 Å². The maximum Gasteiger partial charge on any atom is 0.0693 e. The van der Waals surface area contributed by atoms with E-state index < -0.39 is 0 Å². The lowest BCUT2D eigenvalue weighted by molar-refractivity contribution is 0.143. The third-order valence-corrected chi connectivity index (χ3v) is 3.40. The summed E-state index contributed by atoms with van der Waals surface area (Å²) in [4.78, 5) is 0. The fourth-order valence-electron chi connectivity index (χ4n) is 2.42. The van der Waals surface area contributed by atoms with Gasteiger partial charge in [-0.3, -0.25) is 0 Å². The molecule has 0 heterocycles. The molecule has 0 bridgehead atoms. The Bertz CT molecular complexity index is 170. The van der Waals surface area contributed by atoms with Gasteiger partial charge in [-0.25, -0.2) is 0 Å². The van der Waals surface area contributed by atoms with Gasteiger partial charge in [0.05, 0.1) is 6.10 Å². The van der Waals surface area contributed by atoms with Crippen LogP contribution in [0.15, 0.2) is 0 Å². The number of rotatable bonds is 6. The second kappa shape index (κ2) is 6.49. The number of hydrogen-bond acceptors (Lipinski definition) is 2. The first-order chi connectivity index (χ1) is 7.09. The molecule has 0 radical (unpaired) electrons. The zero-order valence-electron chi connectivity index (χ0n) is 10.5. The van der Waals surface area contributed by atoms with Crippen molar-refractivity contribution in [3.63, 3.8) is 0 Å². The van der Waals surface area contributed by atoms with Crippen LogP contribution in [-0.4, -0.2) is 23.3 Å². The Kier molecular flexibility index (Phi) is 5.62. The summed E-state index contributed by atoms with van der Waals surface area (Å²) in [5.41, 5.74) is 0. The molecule has 3 atom stereocenters. The molecule has 0 aromatic rings.